The van der Waals surface area contributed by atoms with Crippen LogP contribution in [0.2, 0.25) is 0 Å². The number of hydrogen-bond donors (Lipinski definition) is 1. The summed E-state index contributed by atoms with van der Waals surface area (Å²) in [6.45, 7) is 5.07. The molecular weight excluding hydrogens is 229 g/mol. The monoisotopic (exact) mass is 249 g/mol. The predicted octanol–water partition coefficient (Wildman–Crippen LogP) is 3.18. The Morgan fingerprint density at radius 2 is 2.19 bits per heavy atom. The number of unbranched alkanes of at least 4 members (excludes halogenated alkanes) is 2. The molecule has 1 aromatic rings. The second-order valence-corrected chi connectivity index (χ2v) is 3.72. The van der Waals surface area contributed by atoms with Crippen LogP contribution in [0, 0.1) is 6.92 Å². The minimum absolute atomic E-state index is 0. The Kier molecular flexibility index (Phi) is 7.99. The van der Waals surface area contributed by atoms with E-state index in [0.29, 0.717) is 6.54 Å². The third kappa shape index (κ3) is 4.39. The highest BCUT2D eigenvalue weighted by atomic mass is 35.5. The van der Waals surface area contributed by atoms with Gasteiger partial charge in [0, 0.05) is 12.1 Å². The molecule has 3 nitrogen and oxygen atoms in total. The molecule has 94 valence electrons. The van der Waals surface area contributed by atoms with Crippen LogP contribution in [0.5, 0.6) is 0 Å². The Balaban J connectivity index is 0.00000225. The lowest BCUT2D eigenvalue weighted by Gasteiger charge is -2.09. The molecule has 0 bridgehead atoms. The number of aromatic nitrogens is 2. The van der Waals surface area contributed by atoms with Gasteiger partial charge in [-0.25, -0.2) is 9.07 Å². The number of nitrogens with one attached hydrogen (secondary N) is 1. The van der Waals surface area contributed by atoms with Crippen molar-refractivity contribution in [1.82, 2.24) is 9.78 Å². The third-order valence-corrected chi connectivity index (χ3v) is 2.39. The molecule has 0 amide bonds. The summed E-state index contributed by atoms with van der Waals surface area (Å²) < 4.78 is 13.9. The number of halogens is 2. The highest BCUT2D eigenvalue weighted by molar-refractivity contribution is 5.85. The third-order valence-electron chi connectivity index (χ3n) is 2.39. The Labute approximate surface area is 103 Å². The van der Waals surface area contributed by atoms with Crippen molar-refractivity contribution in [3.05, 3.63) is 11.8 Å². The van der Waals surface area contributed by atoms with E-state index in [1.807, 2.05) is 6.92 Å². The molecule has 0 fully saturated rings. The summed E-state index contributed by atoms with van der Waals surface area (Å²) in [6.07, 6.45) is 5.36. The molecule has 5 heteroatoms. The van der Waals surface area contributed by atoms with Gasteiger partial charge in [0.25, 0.3) is 0 Å². The lowest BCUT2D eigenvalue weighted by Crippen LogP contribution is -2.10. The summed E-state index contributed by atoms with van der Waals surface area (Å²) in [4.78, 5) is 0. The van der Waals surface area contributed by atoms with Crippen LogP contribution in [0.15, 0.2) is 6.20 Å². The second kappa shape index (κ2) is 8.39. The van der Waals surface area contributed by atoms with Gasteiger partial charge in [-0.2, -0.15) is 5.10 Å². The summed E-state index contributed by atoms with van der Waals surface area (Å²) in [6, 6.07) is 0. The molecule has 1 aromatic heterocycles. The van der Waals surface area contributed by atoms with Crippen molar-refractivity contribution in [1.29, 1.82) is 0 Å². The Morgan fingerprint density at radius 1 is 1.44 bits per heavy atom. The van der Waals surface area contributed by atoms with Crippen LogP contribution in [0.1, 0.15) is 31.7 Å². The maximum Gasteiger partial charge on any atom is 0.127 e. The molecule has 16 heavy (non-hydrogen) atoms. The van der Waals surface area contributed by atoms with E-state index in [2.05, 4.69) is 17.3 Å². The fourth-order valence-corrected chi connectivity index (χ4v) is 1.54. The lowest BCUT2D eigenvalue weighted by molar-refractivity contribution is 0.429. The topological polar surface area (TPSA) is 29.9 Å². The molecule has 0 saturated carbocycles. The normalized spacial score (nSPS) is 9.94. The van der Waals surface area contributed by atoms with Gasteiger partial charge in [0.1, 0.15) is 12.5 Å². The van der Waals surface area contributed by atoms with Crippen molar-refractivity contribution in [2.45, 2.75) is 39.7 Å². The smallest absolute Gasteiger partial charge is 0.127 e. The van der Waals surface area contributed by atoms with Crippen molar-refractivity contribution in [2.75, 3.05) is 18.5 Å². The first-order valence-electron chi connectivity index (χ1n) is 5.61. The van der Waals surface area contributed by atoms with Crippen LogP contribution < -0.4 is 5.32 Å². The highest BCUT2D eigenvalue weighted by Crippen LogP contribution is 2.13. The van der Waals surface area contributed by atoms with Gasteiger partial charge in [-0.3, -0.25) is 0 Å². The van der Waals surface area contributed by atoms with Crippen LogP contribution in [0.4, 0.5) is 10.2 Å². The molecular formula is C11H21ClFN3. The van der Waals surface area contributed by atoms with E-state index in [1.165, 1.54) is 12.8 Å². The minimum atomic E-state index is -0.370. The first kappa shape index (κ1) is 15.2. The van der Waals surface area contributed by atoms with Gasteiger partial charge in [0.05, 0.1) is 12.7 Å². The average Bonchev–Trinajstić information content (AvgIpc) is 2.56. The van der Waals surface area contributed by atoms with E-state index in [9.17, 15) is 4.39 Å². The summed E-state index contributed by atoms with van der Waals surface area (Å²) >= 11 is 0. The molecule has 0 spiro atoms. The predicted molar refractivity (Wildman–Crippen MR) is 68.2 cm³/mol. The van der Waals surface area contributed by atoms with Gasteiger partial charge in [0.2, 0.25) is 0 Å². The van der Waals surface area contributed by atoms with Gasteiger partial charge in [-0.15, -0.1) is 12.4 Å². The van der Waals surface area contributed by atoms with Crippen LogP contribution in [0.3, 0.4) is 0 Å². The van der Waals surface area contributed by atoms with Gasteiger partial charge >= 0.3 is 0 Å². The van der Waals surface area contributed by atoms with Crippen LogP contribution >= 0.6 is 12.4 Å². The van der Waals surface area contributed by atoms with Crippen molar-refractivity contribution in [3.63, 3.8) is 0 Å². The van der Waals surface area contributed by atoms with E-state index in [0.717, 1.165) is 24.3 Å². The number of hydrogen-bond acceptors (Lipinski definition) is 2. The standard InChI is InChI=1S/C11H20FN3.ClH/c1-3-4-5-7-13-11-10(2)9-14-15(11)8-6-12;/h9,13H,3-8H2,1-2H3;1H. The van der Waals surface area contributed by atoms with Crippen molar-refractivity contribution < 1.29 is 4.39 Å². The van der Waals surface area contributed by atoms with E-state index in [1.54, 1.807) is 10.9 Å². The number of rotatable bonds is 7. The summed E-state index contributed by atoms with van der Waals surface area (Å²) in [7, 11) is 0. The number of aryl methyl sites for hydroxylation is 2. The Bertz CT molecular complexity index is 289. The molecule has 0 atom stereocenters. The number of nitrogens with zero attached hydrogens (tertiary/aromatic N) is 2. The van der Waals surface area contributed by atoms with Gasteiger partial charge in [-0.05, 0) is 13.3 Å². The quantitative estimate of drug-likeness (QED) is 0.753. The molecule has 0 aromatic carbocycles. The van der Waals surface area contributed by atoms with E-state index in [-0.39, 0.29) is 19.1 Å². The molecule has 0 aliphatic carbocycles. The fraction of sp³-hybridized carbons (Fsp3) is 0.727. The zero-order valence-corrected chi connectivity index (χ0v) is 10.8. The van der Waals surface area contributed by atoms with Gasteiger partial charge < -0.3 is 5.32 Å². The Morgan fingerprint density at radius 3 is 2.81 bits per heavy atom. The van der Waals surface area contributed by atoms with Crippen LogP contribution in [-0.2, 0) is 6.54 Å². The molecule has 0 aliphatic rings. The van der Waals surface area contributed by atoms with Crippen LogP contribution in [0.25, 0.3) is 0 Å². The van der Waals surface area contributed by atoms with E-state index in [4.69, 9.17) is 0 Å². The van der Waals surface area contributed by atoms with Crippen LogP contribution in [-0.4, -0.2) is 23.0 Å². The first-order valence-corrected chi connectivity index (χ1v) is 5.61. The average molecular weight is 250 g/mol. The molecule has 0 unspecified atom stereocenters. The SMILES string of the molecule is CCCCCNc1c(C)cnn1CCF.Cl. The summed E-state index contributed by atoms with van der Waals surface area (Å²) in [5.41, 5.74) is 1.08. The molecule has 1 N–H and O–H groups in total. The first-order chi connectivity index (χ1) is 7.29. The molecule has 1 rings (SSSR count). The van der Waals surface area contributed by atoms with Crippen molar-refractivity contribution in [2.24, 2.45) is 0 Å². The maximum atomic E-state index is 12.2. The highest BCUT2D eigenvalue weighted by Gasteiger charge is 2.05. The maximum absolute atomic E-state index is 12.2. The lowest BCUT2D eigenvalue weighted by atomic mass is 10.2. The van der Waals surface area contributed by atoms with Crippen molar-refractivity contribution >= 4 is 18.2 Å². The zero-order chi connectivity index (χ0) is 11.1. The van der Waals surface area contributed by atoms with E-state index < -0.39 is 0 Å². The largest absolute Gasteiger partial charge is 0.370 e. The summed E-state index contributed by atoms with van der Waals surface area (Å²) in [5, 5.41) is 7.43. The minimum Gasteiger partial charge on any atom is -0.370 e. The summed E-state index contributed by atoms with van der Waals surface area (Å²) in [5.74, 6) is 0.962. The number of anilines is 1. The molecule has 1 heterocycles. The fourth-order valence-electron chi connectivity index (χ4n) is 1.54. The molecule has 0 saturated heterocycles. The Hall–Kier alpha value is -0.770. The van der Waals surface area contributed by atoms with Crippen molar-refractivity contribution in [3.8, 4) is 0 Å². The molecule has 0 radical (unpaired) electrons. The number of alkyl halides is 1. The zero-order valence-electron chi connectivity index (χ0n) is 10.0. The van der Waals surface area contributed by atoms with Gasteiger partial charge in [-0.1, -0.05) is 19.8 Å². The van der Waals surface area contributed by atoms with Gasteiger partial charge in [0.15, 0.2) is 0 Å². The van der Waals surface area contributed by atoms with E-state index >= 15 is 0 Å². The second-order valence-electron chi connectivity index (χ2n) is 3.72. The molecule has 0 aliphatic heterocycles.